The summed E-state index contributed by atoms with van der Waals surface area (Å²) in [4.78, 5) is 33.4. The van der Waals surface area contributed by atoms with Crippen molar-refractivity contribution >= 4 is 30.6 Å². The monoisotopic (exact) mass is 900 g/mol. The van der Waals surface area contributed by atoms with Crippen LogP contribution in [0.4, 0.5) is 0 Å². The smallest absolute Gasteiger partial charge is 0.326 e. The third kappa shape index (κ3) is 6.79. The van der Waals surface area contributed by atoms with E-state index in [1.807, 2.05) is 0 Å². The average Bonchev–Trinajstić information content (AvgIpc) is 3.61. The van der Waals surface area contributed by atoms with Gasteiger partial charge in [0.2, 0.25) is 5.75 Å². The molecule has 3 aromatic carbocycles. The van der Waals surface area contributed by atoms with Crippen LogP contribution in [0.2, 0.25) is 5.04 Å². The van der Waals surface area contributed by atoms with Gasteiger partial charge in [-0.1, -0.05) is 94.3 Å². The predicted molar refractivity (Wildman–Crippen MR) is 253 cm³/mol. The van der Waals surface area contributed by atoms with Crippen LogP contribution in [0.5, 0.6) is 17.2 Å². The van der Waals surface area contributed by atoms with Gasteiger partial charge in [-0.15, -0.1) is 0 Å². The van der Waals surface area contributed by atoms with E-state index in [4.69, 9.17) is 28.1 Å². The molecule has 10 aliphatic carbocycles. The van der Waals surface area contributed by atoms with E-state index in [-0.39, 0.29) is 30.5 Å². The number of carbonyl (C=O) groups is 2. The van der Waals surface area contributed by atoms with Crippen LogP contribution < -0.4 is 24.6 Å². The van der Waals surface area contributed by atoms with E-state index in [2.05, 4.69) is 93.6 Å². The molecule has 0 radical (unpaired) electrons. The van der Waals surface area contributed by atoms with E-state index in [1.165, 1.54) is 12.8 Å². The predicted octanol–water partition coefficient (Wildman–Crippen LogP) is 10.4. The van der Waals surface area contributed by atoms with E-state index in [9.17, 15) is 0 Å². The molecule has 10 fully saturated rings. The lowest BCUT2D eigenvalue weighted by atomic mass is 9.55. The molecule has 8 bridgehead atoms. The molecule has 9 heteroatoms. The molecular weight excluding hydrogens is 829 g/mol. The van der Waals surface area contributed by atoms with Crippen molar-refractivity contribution in [3.05, 3.63) is 78.4 Å². The number of rotatable bonds is 12. The van der Waals surface area contributed by atoms with Crippen LogP contribution in [-0.2, 0) is 23.5 Å². The summed E-state index contributed by atoms with van der Waals surface area (Å²) in [5.41, 5.74) is -2.04. The Morgan fingerprint density at radius 3 is 1.45 bits per heavy atom. The Morgan fingerprint density at radius 2 is 1.05 bits per heavy atom. The fourth-order valence-corrected chi connectivity index (χ4v) is 21.8. The fourth-order valence-electron chi connectivity index (χ4n) is 16.9. The van der Waals surface area contributed by atoms with Crippen molar-refractivity contribution in [3.8, 4) is 17.2 Å². The summed E-state index contributed by atoms with van der Waals surface area (Å²) >= 11 is 0. The number of carbonyl (C=O) groups excluding carboxylic acids is 2. The maximum absolute atomic E-state index is 16.7. The fraction of sp³-hybridized carbons (Fsp3) is 0.643. The molecule has 3 aromatic rings. The lowest BCUT2D eigenvalue weighted by Gasteiger charge is -2.58. The number of esters is 2. The van der Waals surface area contributed by atoms with Crippen molar-refractivity contribution in [3.63, 3.8) is 0 Å². The Bertz CT molecular complexity index is 2080. The Kier molecular flexibility index (Phi) is 11.1. The molecule has 0 spiro atoms. The molecule has 8 nitrogen and oxygen atoms in total. The van der Waals surface area contributed by atoms with Gasteiger partial charge in [-0.3, -0.25) is 9.59 Å². The second kappa shape index (κ2) is 16.5. The molecule has 3 unspecified atom stereocenters. The molecular formula is C56H72O8Si. The van der Waals surface area contributed by atoms with Gasteiger partial charge in [-0.2, -0.15) is 0 Å². The summed E-state index contributed by atoms with van der Waals surface area (Å²) in [6, 6.07) is 25.6. The summed E-state index contributed by atoms with van der Waals surface area (Å²) in [5, 5.41) is 1.84. The Hall–Kier alpha value is -3.82. The first-order valence-electron chi connectivity index (χ1n) is 25.4. The third-order valence-electron chi connectivity index (χ3n) is 19.0. The first kappa shape index (κ1) is 43.7. The first-order valence-corrected chi connectivity index (χ1v) is 27.4. The molecule has 65 heavy (non-hydrogen) atoms. The average molecular weight is 901 g/mol. The van der Waals surface area contributed by atoms with E-state index in [0.717, 1.165) is 86.6 Å². The van der Waals surface area contributed by atoms with Crippen LogP contribution in [0.15, 0.2) is 72.8 Å². The van der Waals surface area contributed by atoms with Gasteiger partial charge in [0.25, 0.3) is 8.32 Å². The highest BCUT2D eigenvalue weighted by atomic mass is 28.4. The van der Waals surface area contributed by atoms with Gasteiger partial charge < -0.3 is 28.1 Å². The van der Waals surface area contributed by atoms with E-state index < -0.39 is 36.3 Å². The molecule has 348 valence electrons. The Morgan fingerprint density at radius 1 is 0.600 bits per heavy atom. The van der Waals surface area contributed by atoms with Crippen LogP contribution in [0.3, 0.4) is 0 Å². The maximum atomic E-state index is 16.7. The topological polar surface area (TPSA) is 89.5 Å². The lowest BCUT2D eigenvalue weighted by molar-refractivity contribution is -0.216. The molecule has 0 amide bonds. The molecule has 0 aliphatic heterocycles. The summed E-state index contributed by atoms with van der Waals surface area (Å²) in [5.74, 6) is 4.50. The van der Waals surface area contributed by atoms with E-state index in [1.54, 1.807) is 21.3 Å². The summed E-state index contributed by atoms with van der Waals surface area (Å²) in [7, 11) is 1.50. The van der Waals surface area contributed by atoms with Crippen LogP contribution in [0.1, 0.15) is 129 Å². The number of ether oxygens (including phenoxy) is 5. The van der Waals surface area contributed by atoms with Gasteiger partial charge in [0.1, 0.15) is 12.2 Å². The van der Waals surface area contributed by atoms with E-state index in [0.29, 0.717) is 71.0 Å². The maximum Gasteiger partial charge on any atom is 0.326 e. The van der Waals surface area contributed by atoms with Gasteiger partial charge in [0.15, 0.2) is 16.9 Å². The minimum Gasteiger partial charge on any atom is -0.493 e. The van der Waals surface area contributed by atoms with Gasteiger partial charge in [-0.05, 0) is 176 Å². The van der Waals surface area contributed by atoms with Gasteiger partial charge in [0.05, 0.1) is 26.9 Å². The van der Waals surface area contributed by atoms with Crippen molar-refractivity contribution in [1.82, 2.24) is 0 Å². The molecule has 0 heterocycles. The highest BCUT2D eigenvalue weighted by Gasteiger charge is 2.77. The zero-order valence-electron chi connectivity index (χ0n) is 39.7. The summed E-state index contributed by atoms with van der Waals surface area (Å²) in [6.45, 7) is 6.92. The summed E-state index contributed by atoms with van der Waals surface area (Å²) < 4.78 is 41.1. The molecule has 10 saturated carbocycles. The second-order valence-electron chi connectivity index (χ2n) is 23.3. The van der Waals surface area contributed by atoms with Crippen molar-refractivity contribution in [2.75, 3.05) is 21.3 Å². The number of hydrogen-bond donors (Lipinski definition) is 0. The molecule has 3 atom stereocenters. The molecule has 0 saturated heterocycles. The van der Waals surface area contributed by atoms with Crippen LogP contribution in [0.25, 0.3) is 0 Å². The summed E-state index contributed by atoms with van der Waals surface area (Å²) in [6.07, 6.45) is 14.4. The molecule has 0 N–H and O–H groups in total. The minimum atomic E-state index is -3.43. The first-order chi connectivity index (χ1) is 31.4. The largest absolute Gasteiger partial charge is 0.493 e. The number of hydrogen-bond acceptors (Lipinski definition) is 8. The van der Waals surface area contributed by atoms with Crippen LogP contribution >= 0.6 is 0 Å². The highest BCUT2D eigenvalue weighted by molar-refractivity contribution is 6.99. The van der Waals surface area contributed by atoms with E-state index >= 15 is 9.59 Å². The standard InChI is InChI=1S/C56H72O8Si/c1-54(2,3)65(43-15-9-7-10-16-43,44-17-11-8-12-18-44)64-56-20-14-13-19-46(56)45(38-31-47(59-4)51(61-6)48(32-38)60-5)33-55(56,52(57)62-49-39-23-34-21-35(25-39)26-40(49)24-34)53(58)63-50-41-27-36-22-37(29-41)30-42(50)28-36/h7-12,15-18,31-32,34-37,39-42,45-46,49-50H,13-14,19-30,33H2,1-6H3. The van der Waals surface area contributed by atoms with Gasteiger partial charge >= 0.3 is 11.9 Å². The van der Waals surface area contributed by atoms with Crippen molar-refractivity contribution in [2.24, 2.45) is 58.7 Å². The van der Waals surface area contributed by atoms with Gasteiger partial charge in [-0.25, -0.2) is 0 Å². The van der Waals surface area contributed by atoms with Crippen LogP contribution in [0, 0.1) is 58.7 Å². The normalized spacial score (nSPS) is 37.7. The number of fused-ring (bicyclic) bond motifs is 1. The highest BCUT2D eigenvalue weighted by Crippen LogP contribution is 2.68. The minimum absolute atomic E-state index is 0.201. The van der Waals surface area contributed by atoms with Crippen molar-refractivity contribution in [2.45, 2.75) is 146 Å². The Labute approximate surface area is 388 Å². The second-order valence-corrected chi connectivity index (χ2v) is 27.5. The third-order valence-corrected chi connectivity index (χ3v) is 24.1. The number of methoxy groups -OCH3 is 3. The molecule has 0 aromatic heterocycles. The zero-order chi connectivity index (χ0) is 44.9. The van der Waals surface area contributed by atoms with Gasteiger partial charge in [0, 0.05) is 0 Å². The SMILES string of the molecule is COc1cc(C2CC(C(=O)OC3C4CC5CC(C4)CC3C5)(C(=O)OC3C4CC5CC(C4)CC3C5)C3(O[Si](c4ccccc4)(c4ccccc4)C(C)(C)C)CCCCC23)cc(OC)c1OC. The molecule has 10 aliphatic rings. The zero-order valence-corrected chi connectivity index (χ0v) is 40.7. The number of benzene rings is 3. The Balaban J connectivity index is 1.14. The van der Waals surface area contributed by atoms with Crippen molar-refractivity contribution in [1.29, 1.82) is 0 Å². The quantitative estimate of drug-likeness (QED) is 0.101. The van der Waals surface area contributed by atoms with Crippen molar-refractivity contribution < 1.29 is 37.7 Å². The lowest BCUT2D eigenvalue weighted by Crippen LogP contribution is -2.74. The molecule has 13 rings (SSSR count). The van der Waals surface area contributed by atoms with Crippen LogP contribution in [-0.4, -0.2) is 59.4 Å².